The Morgan fingerprint density at radius 3 is 2.40 bits per heavy atom. The SMILES string of the molecule is CC(Oc1ccc(OCc2ccccc2)cc1)C(=O)NNC(=O)c1cc2cc(Br)ccc2oc1=O. The summed E-state index contributed by atoms with van der Waals surface area (Å²) in [5.74, 6) is -0.296. The average molecular weight is 537 g/mol. The van der Waals surface area contributed by atoms with Crippen molar-refractivity contribution in [2.24, 2.45) is 0 Å². The fourth-order valence-corrected chi connectivity index (χ4v) is 3.53. The van der Waals surface area contributed by atoms with E-state index in [1.807, 2.05) is 30.3 Å². The van der Waals surface area contributed by atoms with Crippen LogP contribution in [-0.4, -0.2) is 17.9 Å². The molecule has 0 bridgehead atoms. The van der Waals surface area contributed by atoms with E-state index in [4.69, 9.17) is 13.9 Å². The van der Waals surface area contributed by atoms with Crippen molar-refractivity contribution in [3.05, 3.63) is 105 Å². The molecule has 0 saturated heterocycles. The summed E-state index contributed by atoms with van der Waals surface area (Å²) in [6.07, 6.45) is -0.921. The fraction of sp³-hybridized carbons (Fsp3) is 0.115. The molecule has 35 heavy (non-hydrogen) atoms. The van der Waals surface area contributed by atoms with Crippen LogP contribution in [0.25, 0.3) is 11.0 Å². The lowest BCUT2D eigenvalue weighted by Crippen LogP contribution is -2.48. The molecule has 2 amide bonds. The Bertz CT molecular complexity index is 1400. The van der Waals surface area contributed by atoms with Gasteiger partial charge in [0.1, 0.15) is 29.3 Å². The number of fused-ring (bicyclic) bond motifs is 1. The number of benzene rings is 3. The summed E-state index contributed by atoms with van der Waals surface area (Å²) in [6, 6.07) is 23.1. The maximum atomic E-state index is 12.4. The minimum atomic E-state index is -0.921. The molecular weight excluding hydrogens is 516 g/mol. The van der Waals surface area contributed by atoms with Gasteiger partial charge in [0.25, 0.3) is 11.8 Å². The first-order valence-corrected chi connectivity index (χ1v) is 11.5. The Balaban J connectivity index is 1.30. The molecule has 0 saturated carbocycles. The van der Waals surface area contributed by atoms with Gasteiger partial charge in [-0.1, -0.05) is 46.3 Å². The summed E-state index contributed by atoms with van der Waals surface area (Å²) in [7, 11) is 0. The number of rotatable bonds is 7. The highest BCUT2D eigenvalue weighted by molar-refractivity contribution is 9.10. The van der Waals surface area contributed by atoms with E-state index in [-0.39, 0.29) is 5.56 Å². The lowest BCUT2D eigenvalue weighted by Gasteiger charge is -2.15. The van der Waals surface area contributed by atoms with Gasteiger partial charge < -0.3 is 13.9 Å². The molecule has 0 fully saturated rings. The zero-order chi connectivity index (χ0) is 24.8. The van der Waals surface area contributed by atoms with E-state index >= 15 is 0 Å². The summed E-state index contributed by atoms with van der Waals surface area (Å²) in [6.45, 7) is 1.97. The van der Waals surface area contributed by atoms with Crippen LogP contribution in [0.1, 0.15) is 22.8 Å². The standard InChI is InChI=1S/C26H21BrN2O6/c1-16(34-21-10-8-20(9-11-21)33-15-17-5-3-2-4-6-17)24(30)28-29-25(31)22-14-18-13-19(27)7-12-23(18)35-26(22)32/h2-14,16H,15H2,1H3,(H,28,30)(H,29,31). The van der Waals surface area contributed by atoms with Gasteiger partial charge in [0, 0.05) is 9.86 Å². The first-order valence-electron chi connectivity index (χ1n) is 10.7. The molecule has 8 nitrogen and oxygen atoms in total. The molecule has 0 aliphatic rings. The van der Waals surface area contributed by atoms with Crippen molar-refractivity contribution in [2.45, 2.75) is 19.6 Å². The lowest BCUT2D eigenvalue weighted by atomic mass is 10.2. The van der Waals surface area contributed by atoms with Gasteiger partial charge in [0.15, 0.2) is 6.10 Å². The predicted octanol–water partition coefficient (Wildman–Crippen LogP) is 4.36. The Hall–Kier alpha value is -4.11. The van der Waals surface area contributed by atoms with Crippen molar-refractivity contribution < 1.29 is 23.5 Å². The second-order valence-corrected chi connectivity index (χ2v) is 8.49. The normalized spacial score (nSPS) is 11.5. The third kappa shape index (κ3) is 6.27. The van der Waals surface area contributed by atoms with E-state index in [2.05, 4.69) is 26.8 Å². The molecule has 2 N–H and O–H groups in total. The molecule has 0 aliphatic heterocycles. The van der Waals surface area contributed by atoms with Crippen molar-refractivity contribution in [2.75, 3.05) is 0 Å². The third-order valence-corrected chi connectivity index (χ3v) is 5.49. The molecule has 3 aromatic carbocycles. The Kier molecular flexibility index (Phi) is 7.47. The van der Waals surface area contributed by atoms with Gasteiger partial charge in [0.2, 0.25) is 0 Å². The largest absolute Gasteiger partial charge is 0.489 e. The number of hydrogen-bond acceptors (Lipinski definition) is 6. The van der Waals surface area contributed by atoms with E-state index < -0.39 is 23.5 Å². The van der Waals surface area contributed by atoms with Gasteiger partial charge in [0.05, 0.1) is 0 Å². The Morgan fingerprint density at radius 1 is 0.943 bits per heavy atom. The number of hydrogen-bond donors (Lipinski definition) is 2. The van der Waals surface area contributed by atoms with Gasteiger partial charge in [-0.2, -0.15) is 0 Å². The zero-order valence-electron chi connectivity index (χ0n) is 18.6. The molecule has 1 unspecified atom stereocenters. The van der Waals surface area contributed by atoms with Crippen LogP contribution in [0.2, 0.25) is 0 Å². The van der Waals surface area contributed by atoms with E-state index in [1.54, 1.807) is 42.5 Å². The number of hydrazine groups is 1. The van der Waals surface area contributed by atoms with Crippen LogP contribution >= 0.6 is 15.9 Å². The van der Waals surface area contributed by atoms with Crippen LogP contribution in [0.3, 0.4) is 0 Å². The number of halogens is 1. The van der Waals surface area contributed by atoms with Crippen molar-refractivity contribution in [1.29, 1.82) is 0 Å². The monoisotopic (exact) mass is 536 g/mol. The predicted molar refractivity (Wildman–Crippen MR) is 133 cm³/mol. The number of ether oxygens (including phenoxy) is 2. The lowest BCUT2D eigenvalue weighted by molar-refractivity contribution is -0.128. The van der Waals surface area contributed by atoms with Gasteiger partial charge in [-0.25, -0.2) is 4.79 Å². The molecule has 0 aliphatic carbocycles. The van der Waals surface area contributed by atoms with Crippen LogP contribution in [0.5, 0.6) is 11.5 Å². The van der Waals surface area contributed by atoms with E-state index in [0.717, 1.165) is 10.0 Å². The molecule has 178 valence electrons. The van der Waals surface area contributed by atoms with E-state index in [0.29, 0.717) is 29.1 Å². The minimum absolute atomic E-state index is 0.240. The highest BCUT2D eigenvalue weighted by Crippen LogP contribution is 2.20. The van der Waals surface area contributed by atoms with Crippen LogP contribution in [0.4, 0.5) is 0 Å². The van der Waals surface area contributed by atoms with Gasteiger partial charge in [-0.05, 0) is 61.0 Å². The molecule has 0 radical (unpaired) electrons. The zero-order valence-corrected chi connectivity index (χ0v) is 20.2. The number of carbonyl (C=O) groups is 2. The number of carbonyl (C=O) groups excluding carboxylic acids is 2. The molecule has 4 aromatic rings. The minimum Gasteiger partial charge on any atom is -0.489 e. The summed E-state index contributed by atoms with van der Waals surface area (Å²) in [4.78, 5) is 36.9. The molecule has 4 rings (SSSR count). The average Bonchev–Trinajstić information content (AvgIpc) is 2.87. The molecule has 9 heteroatoms. The highest BCUT2D eigenvalue weighted by atomic mass is 79.9. The smallest absolute Gasteiger partial charge is 0.349 e. The molecule has 1 atom stereocenters. The first-order chi connectivity index (χ1) is 16.9. The molecule has 1 heterocycles. The summed E-state index contributed by atoms with van der Waals surface area (Å²) in [5.41, 5.74) is 4.82. The van der Waals surface area contributed by atoms with E-state index in [9.17, 15) is 14.4 Å². The molecular formula is C26H21BrN2O6. The highest BCUT2D eigenvalue weighted by Gasteiger charge is 2.18. The second-order valence-electron chi connectivity index (χ2n) is 7.58. The van der Waals surface area contributed by atoms with Gasteiger partial charge >= 0.3 is 5.63 Å². The van der Waals surface area contributed by atoms with E-state index in [1.165, 1.54) is 13.0 Å². The van der Waals surface area contributed by atoms with Gasteiger partial charge in [-0.15, -0.1) is 0 Å². The second kappa shape index (κ2) is 10.9. The third-order valence-electron chi connectivity index (χ3n) is 4.99. The van der Waals surface area contributed by atoms with Crippen LogP contribution in [0, 0.1) is 0 Å². The maximum Gasteiger partial charge on any atom is 0.349 e. The van der Waals surface area contributed by atoms with Crippen LogP contribution in [0.15, 0.2) is 92.5 Å². The van der Waals surface area contributed by atoms with Crippen molar-refractivity contribution in [3.63, 3.8) is 0 Å². The molecule has 1 aromatic heterocycles. The first kappa shape index (κ1) is 24.0. The summed E-state index contributed by atoms with van der Waals surface area (Å²) >= 11 is 3.33. The summed E-state index contributed by atoms with van der Waals surface area (Å²) in [5, 5.41) is 0.559. The number of nitrogens with one attached hydrogen (secondary N) is 2. The van der Waals surface area contributed by atoms with Crippen LogP contribution < -0.4 is 26.0 Å². The van der Waals surface area contributed by atoms with Crippen molar-refractivity contribution >= 4 is 38.7 Å². The molecule has 0 spiro atoms. The number of amides is 2. The Morgan fingerprint density at radius 2 is 1.66 bits per heavy atom. The van der Waals surface area contributed by atoms with Crippen molar-refractivity contribution in [3.8, 4) is 11.5 Å². The topological polar surface area (TPSA) is 107 Å². The fourth-order valence-electron chi connectivity index (χ4n) is 3.15. The quantitative estimate of drug-likeness (QED) is 0.268. The maximum absolute atomic E-state index is 12.4. The Labute approximate surface area is 209 Å². The van der Waals surface area contributed by atoms with Crippen molar-refractivity contribution in [1.82, 2.24) is 10.9 Å². The van der Waals surface area contributed by atoms with Crippen LogP contribution in [-0.2, 0) is 11.4 Å². The summed E-state index contributed by atoms with van der Waals surface area (Å²) < 4.78 is 17.3. The van der Waals surface area contributed by atoms with Gasteiger partial charge in [-0.3, -0.25) is 20.4 Å².